The molecule has 7 nitrogen and oxygen atoms in total. The molecule has 0 fully saturated rings. The van der Waals surface area contributed by atoms with Gasteiger partial charge in [-0.05, 0) is 207 Å². The lowest BCUT2D eigenvalue weighted by Crippen LogP contribution is -1.94. The number of rotatable bonds is 10. The van der Waals surface area contributed by atoms with Crippen LogP contribution in [0.3, 0.4) is 0 Å². The number of hydrogen-bond donors (Lipinski definition) is 0. The van der Waals surface area contributed by atoms with Gasteiger partial charge in [-0.2, -0.15) is 10.5 Å². The summed E-state index contributed by atoms with van der Waals surface area (Å²) in [5.41, 5.74) is 30.6. The average Bonchev–Trinajstić information content (AvgIpc) is 1.60. The summed E-state index contributed by atoms with van der Waals surface area (Å²) >= 11 is 1.88. The normalized spacial score (nSPS) is 11.7. The summed E-state index contributed by atoms with van der Waals surface area (Å²) in [7, 11) is 0. The standard InChI is InChI=1S/C55H33N3O.C55H33N3S/c2*56-34-35-10-8-13-42(30-35)58-50-18-6-4-14-44(50)48-31-38(26-29-52(48)58)36-20-22-37(23-21-36)39-25-28-51-49(32-39)45-27-24-40(33-53(45)57(51)41-11-2-1-3-12-41)43-16-9-17-47-46-15-5-7-19-54(46)59-55(43)47/h2*1-33H. The summed E-state index contributed by atoms with van der Waals surface area (Å²) in [5.74, 6) is 0. The van der Waals surface area contributed by atoms with Gasteiger partial charge in [0.05, 0.1) is 67.4 Å². The van der Waals surface area contributed by atoms with E-state index in [2.05, 4.69) is 382 Å². The number of para-hydroxylation sites is 6. The predicted molar refractivity (Wildman–Crippen MR) is 492 cm³/mol. The fourth-order valence-electron chi connectivity index (χ4n) is 18.4. The number of nitriles is 2. The van der Waals surface area contributed by atoms with Crippen molar-refractivity contribution in [2.24, 2.45) is 0 Å². The van der Waals surface area contributed by atoms with E-state index in [-0.39, 0.29) is 0 Å². The molecule has 6 heterocycles. The largest absolute Gasteiger partial charge is 0.455 e. The fraction of sp³-hybridized carbons (Fsp3) is 0. The van der Waals surface area contributed by atoms with E-state index in [1.54, 1.807) is 0 Å². The Balaban J connectivity index is 0.000000138. The van der Waals surface area contributed by atoms with Gasteiger partial charge in [-0.15, -0.1) is 11.3 Å². The van der Waals surface area contributed by atoms with Crippen LogP contribution in [-0.2, 0) is 0 Å². The first-order chi connectivity index (χ1) is 58.4. The van der Waals surface area contributed by atoms with Crippen molar-refractivity contribution in [3.05, 3.63) is 412 Å². The summed E-state index contributed by atoms with van der Waals surface area (Å²) in [4.78, 5) is 0. The van der Waals surface area contributed by atoms with E-state index in [0.717, 1.165) is 100 Å². The minimum atomic E-state index is 0.647. The number of benzene rings is 18. The fourth-order valence-corrected chi connectivity index (χ4v) is 19.6. The molecule has 0 radical (unpaired) electrons. The van der Waals surface area contributed by atoms with Crippen molar-refractivity contribution in [1.29, 1.82) is 10.5 Å². The molecule has 0 aliphatic carbocycles. The number of thiophene rings is 1. The van der Waals surface area contributed by atoms with Crippen LogP contribution >= 0.6 is 11.3 Å². The second kappa shape index (κ2) is 27.5. The Morgan fingerprint density at radius 3 is 1.03 bits per heavy atom. The van der Waals surface area contributed by atoms with Gasteiger partial charge in [-0.3, -0.25) is 0 Å². The molecule has 118 heavy (non-hydrogen) atoms. The number of fused-ring (bicyclic) bond motifs is 18. The molecule has 0 saturated heterocycles. The predicted octanol–water partition coefficient (Wildman–Crippen LogP) is 29.8. The highest BCUT2D eigenvalue weighted by molar-refractivity contribution is 7.26. The van der Waals surface area contributed by atoms with Crippen molar-refractivity contribution >= 4 is 141 Å². The lowest BCUT2D eigenvalue weighted by atomic mass is 9.97. The van der Waals surface area contributed by atoms with Crippen molar-refractivity contribution < 1.29 is 4.42 Å². The van der Waals surface area contributed by atoms with Gasteiger partial charge in [0, 0.05) is 102 Å². The van der Waals surface area contributed by atoms with E-state index in [0.29, 0.717) is 11.1 Å². The smallest absolute Gasteiger partial charge is 0.143 e. The van der Waals surface area contributed by atoms with Gasteiger partial charge in [0.15, 0.2) is 0 Å². The van der Waals surface area contributed by atoms with Crippen LogP contribution in [0.5, 0.6) is 0 Å². The maximum absolute atomic E-state index is 9.60. The van der Waals surface area contributed by atoms with Gasteiger partial charge in [-0.1, -0.05) is 255 Å². The zero-order valence-corrected chi connectivity index (χ0v) is 64.4. The molecule has 24 aromatic rings. The molecule has 0 unspecified atom stereocenters. The van der Waals surface area contributed by atoms with Crippen LogP contribution in [0, 0.1) is 22.7 Å². The van der Waals surface area contributed by atoms with E-state index < -0.39 is 0 Å². The molecular formula is C110H66N6OS. The first-order valence-corrected chi connectivity index (χ1v) is 40.6. The molecular weight excluding hydrogens is 1450 g/mol. The molecule has 0 aliphatic rings. The third-order valence-electron chi connectivity index (χ3n) is 23.9. The van der Waals surface area contributed by atoms with Crippen molar-refractivity contribution in [3.63, 3.8) is 0 Å². The molecule has 0 aliphatic heterocycles. The highest BCUT2D eigenvalue weighted by Crippen LogP contribution is 2.46. The molecule has 24 rings (SSSR count). The summed E-state index contributed by atoms with van der Waals surface area (Å²) in [6, 6.07) is 148. The maximum atomic E-state index is 9.60. The maximum Gasteiger partial charge on any atom is 0.143 e. The van der Waals surface area contributed by atoms with Gasteiger partial charge in [0.2, 0.25) is 0 Å². The molecule has 548 valence electrons. The number of nitrogens with zero attached hydrogens (tertiary/aromatic N) is 6. The van der Waals surface area contributed by atoms with Crippen LogP contribution in [0.15, 0.2) is 405 Å². The van der Waals surface area contributed by atoms with Crippen LogP contribution < -0.4 is 0 Å². The van der Waals surface area contributed by atoms with Crippen molar-refractivity contribution in [2.75, 3.05) is 0 Å². The van der Waals surface area contributed by atoms with E-state index in [1.807, 2.05) is 59.9 Å². The van der Waals surface area contributed by atoms with Crippen molar-refractivity contribution in [1.82, 2.24) is 18.3 Å². The first-order valence-electron chi connectivity index (χ1n) is 39.8. The summed E-state index contributed by atoms with van der Waals surface area (Å²) in [6.45, 7) is 0. The van der Waals surface area contributed by atoms with Crippen LogP contribution in [0.1, 0.15) is 11.1 Å². The van der Waals surface area contributed by atoms with Gasteiger partial charge >= 0.3 is 0 Å². The Bertz CT molecular complexity index is 7830. The zero-order chi connectivity index (χ0) is 78.1. The Labute approximate surface area is 682 Å². The average molecular weight is 1520 g/mol. The number of furan rings is 1. The molecule has 0 atom stereocenters. The highest BCUT2D eigenvalue weighted by Gasteiger charge is 2.23. The van der Waals surface area contributed by atoms with Gasteiger partial charge in [0.25, 0.3) is 0 Å². The van der Waals surface area contributed by atoms with Gasteiger partial charge < -0.3 is 22.7 Å². The highest BCUT2D eigenvalue weighted by atomic mass is 32.1. The first kappa shape index (κ1) is 67.8. The van der Waals surface area contributed by atoms with Crippen molar-refractivity contribution in [3.8, 4) is 102 Å². The SMILES string of the molecule is N#Cc1cccc(-n2c3ccccc3c3cc(-c4ccc(-c5ccc6c(c5)c5ccc(-c7cccc8c7oc7ccccc78)cc5n6-c5ccccc5)cc4)ccc32)c1.N#Cc1cccc(-n2c3ccccc3c3cc(-c4ccc(-c5ccc6c(c5)c5ccc(-c7cccc8c7sc7ccccc78)cc5n6-c5ccccc5)cc4)ccc32)c1. The Kier molecular flexibility index (Phi) is 15.8. The molecule has 0 bridgehead atoms. The van der Waals surface area contributed by atoms with E-state index in [1.165, 1.54) is 119 Å². The van der Waals surface area contributed by atoms with Gasteiger partial charge in [0.1, 0.15) is 11.2 Å². The monoisotopic (exact) mass is 1520 g/mol. The third kappa shape index (κ3) is 11.1. The molecule has 0 spiro atoms. The molecule has 0 N–H and O–H groups in total. The molecule has 8 heteroatoms. The van der Waals surface area contributed by atoms with Crippen LogP contribution in [0.25, 0.3) is 219 Å². The zero-order valence-electron chi connectivity index (χ0n) is 63.6. The third-order valence-corrected chi connectivity index (χ3v) is 25.1. The summed E-state index contributed by atoms with van der Waals surface area (Å²) < 4.78 is 18.4. The summed E-state index contributed by atoms with van der Waals surface area (Å²) in [5, 5.41) is 33.7. The quantitative estimate of drug-likeness (QED) is 0.137. The molecule has 0 saturated carbocycles. The number of aromatic nitrogens is 4. The lowest BCUT2D eigenvalue weighted by molar-refractivity contribution is 0.670. The van der Waals surface area contributed by atoms with E-state index in [4.69, 9.17) is 4.42 Å². The van der Waals surface area contributed by atoms with Crippen molar-refractivity contribution in [2.45, 2.75) is 0 Å². The van der Waals surface area contributed by atoms with E-state index >= 15 is 0 Å². The molecule has 0 amide bonds. The summed E-state index contributed by atoms with van der Waals surface area (Å²) in [6.07, 6.45) is 0. The van der Waals surface area contributed by atoms with Crippen LogP contribution in [-0.4, -0.2) is 18.3 Å². The van der Waals surface area contributed by atoms with E-state index in [9.17, 15) is 10.5 Å². The van der Waals surface area contributed by atoms with Crippen LogP contribution in [0.4, 0.5) is 0 Å². The van der Waals surface area contributed by atoms with Crippen LogP contribution in [0.2, 0.25) is 0 Å². The lowest BCUT2D eigenvalue weighted by Gasteiger charge is -2.10. The Hall–Kier alpha value is -15.8. The minimum absolute atomic E-state index is 0.647. The topological polar surface area (TPSA) is 80.4 Å². The molecule has 18 aromatic carbocycles. The molecule has 6 aromatic heterocycles. The second-order valence-corrected chi connectivity index (χ2v) is 31.5. The Morgan fingerprint density at radius 1 is 0.212 bits per heavy atom. The minimum Gasteiger partial charge on any atom is -0.455 e. The Morgan fingerprint density at radius 2 is 0.551 bits per heavy atom. The second-order valence-electron chi connectivity index (χ2n) is 30.5. The number of hydrogen-bond acceptors (Lipinski definition) is 4. The van der Waals surface area contributed by atoms with Gasteiger partial charge in [-0.25, -0.2) is 0 Å².